The SMILES string of the molecule is C=CC(O)CC1C[C@@H](C)OC1=O. The second kappa shape index (κ2) is 3.72. The molecule has 1 fully saturated rings. The number of esters is 1. The maximum atomic E-state index is 11.1. The van der Waals surface area contributed by atoms with Crippen LogP contribution in [0.1, 0.15) is 19.8 Å². The molecule has 1 heterocycles. The van der Waals surface area contributed by atoms with Crippen LogP contribution in [0.4, 0.5) is 0 Å². The van der Waals surface area contributed by atoms with E-state index in [1.54, 1.807) is 0 Å². The molecule has 12 heavy (non-hydrogen) atoms. The third-order valence-corrected chi connectivity index (χ3v) is 2.07. The zero-order chi connectivity index (χ0) is 9.14. The molecule has 68 valence electrons. The molecule has 1 N–H and O–H groups in total. The summed E-state index contributed by atoms with van der Waals surface area (Å²) in [5.74, 6) is -0.337. The maximum Gasteiger partial charge on any atom is 0.309 e. The molecule has 0 amide bonds. The van der Waals surface area contributed by atoms with Crippen molar-refractivity contribution in [1.29, 1.82) is 0 Å². The minimum Gasteiger partial charge on any atom is -0.462 e. The molecule has 1 aliphatic rings. The minimum absolute atomic E-state index is 0.000449. The monoisotopic (exact) mass is 170 g/mol. The fourth-order valence-corrected chi connectivity index (χ4v) is 1.42. The zero-order valence-corrected chi connectivity index (χ0v) is 7.19. The minimum atomic E-state index is -0.590. The Morgan fingerprint density at radius 3 is 3.00 bits per heavy atom. The van der Waals surface area contributed by atoms with Crippen LogP contribution in [-0.2, 0) is 9.53 Å². The number of aliphatic hydroxyl groups excluding tert-OH is 1. The van der Waals surface area contributed by atoms with E-state index < -0.39 is 6.10 Å². The van der Waals surface area contributed by atoms with Crippen LogP contribution in [0.15, 0.2) is 12.7 Å². The summed E-state index contributed by atoms with van der Waals surface area (Å²) in [7, 11) is 0. The highest BCUT2D eigenvalue weighted by atomic mass is 16.5. The predicted octanol–water partition coefficient (Wildman–Crippen LogP) is 0.875. The van der Waals surface area contributed by atoms with E-state index in [0.29, 0.717) is 12.8 Å². The van der Waals surface area contributed by atoms with Crippen LogP contribution in [0.25, 0.3) is 0 Å². The van der Waals surface area contributed by atoms with Gasteiger partial charge in [0.15, 0.2) is 0 Å². The lowest BCUT2D eigenvalue weighted by Gasteiger charge is -2.07. The van der Waals surface area contributed by atoms with Crippen molar-refractivity contribution in [2.24, 2.45) is 5.92 Å². The van der Waals surface area contributed by atoms with Gasteiger partial charge in [-0.3, -0.25) is 4.79 Å². The molecule has 0 radical (unpaired) electrons. The average molecular weight is 170 g/mol. The van der Waals surface area contributed by atoms with Crippen LogP contribution in [0.3, 0.4) is 0 Å². The van der Waals surface area contributed by atoms with Gasteiger partial charge in [-0.1, -0.05) is 6.08 Å². The molecule has 0 saturated carbocycles. The fourth-order valence-electron chi connectivity index (χ4n) is 1.42. The summed E-state index contributed by atoms with van der Waals surface area (Å²) < 4.78 is 4.93. The van der Waals surface area contributed by atoms with E-state index in [0.717, 1.165) is 0 Å². The van der Waals surface area contributed by atoms with Crippen molar-refractivity contribution in [2.75, 3.05) is 0 Å². The molecule has 0 spiro atoms. The van der Waals surface area contributed by atoms with Gasteiger partial charge >= 0.3 is 5.97 Å². The van der Waals surface area contributed by atoms with Crippen LogP contribution < -0.4 is 0 Å². The first-order chi connectivity index (χ1) is 5.63. The van der Waals surface area contributed by atoms with Gasteiger partial charge in [0, 0.05) is 0 Å². The summed E-state index contributed by atoms with van der Waals surface area (Å²) in [6.07, 6.45) is 2.00. The smallest absolute Gasteiger partial charge is 0.309 e. The normalized spacial score (nSPS) is 31.3. The van der Waals surface area contributed by atoms with E-state index in [1.165, 1.54) is 6.08 Å². The molecule has 1 aliphatic heterocycles. The molecule has 1 saturated heterocycles. The lowest BCUT2D eigenvalue weighted by Crippen LogP contribution is -2.15. The fraction of sp³-hybridized carbons (Fsp3) is 0.667. The van der Waals surface area contributed by atoms with E-state index in [9.17, 15) is 9.90 Å². The number of carbonyl (C=O) groups is 1. The molecule has 0 aliphatic carbocycles. The van der Waals surface area contributed by atoms with E-state index in [1.807, 2.05) is 6.92 Å². The van der Waals surface area contributed by atoms with E-state index in [4.69, 9.17) is 4.74 Å². The Hall–Kier alpha value is -0.830. The standard InChI is InChI=1S/C9H14O3/c1-3-8(10)5-7-4-6(2)12-9(7)11/h3,6-8,10H,1,4-5H2,2H3/t6-,7?,8?/m1/s1. The molecular weight excluding hydrogens is 156 g/mol. The molecule has 0 aromatic rings. The first-order valence-electron chi connectivity index (χ1n) is 4.14. The van der Waals surface area contributed by atoms with Crippen LogP contribution >= 0.6 is 0 Å². The van der Waals surface area contributed by atoms with Crippen molar-refractivity contribution < 1.29 is 14.6 Å². The zero-order valence-electron chi connectivity index (χ0n) is 7.19. The van der Waals surface area contributed by atoms with Crippen molar-refractivity contribution in [2.45, 2.75) is 32.0 Å². The summed E-state index contributed by atoms with van der Waals surface area (Å²) in [6, 6.07) is 0. The van der Waals surface area contributed by atoms with Gasteiger partial charge in [0.25, 0.3) is 0 Å². The summed E-state index contributed by atoms with van der Waals surface area (Å²) in [5, 5.41) is 9.20. The van der Waals surface area contributed by atoms with Crippen LogP contribution in [-0.4, -0.2) is 23.3 Å². The number of aliphatic hydroxyl groups is 1. The predicted molar refractivity (Wildman–Crippen MR) is 44.5 cm³/mol. The Labute approximate surface area is 72.0 Å². The number of ether oxygens (including phenoxy) is 1. The Kier molecular flexibility index (Phi) is 2.87. The van der Waals surface area contributed by atoms with Gasteiger partial charge < -0.3 is 9.84 Å². The molecular formula is C9H14O3. The summed E-state index contributed by atoms with van der Waals surface area (Å²) in [4.78, 5) is 11.1. The van der Waals surface area contributed by atoms with Crippen molar-refractivity contribution in [3.05, 3.63) is 12.7 Å². The highest BCUT2D eigenvalue weighted by Crippen LogP contribution is 2.24. The lowest BCUT2D eigenvalue weighted by molar-refractivity contribution is -0.144. The van der Waals surface area contributed by atoms with Crippen LogP contribution in [0.5, 0.6) is 0 Å². The van der Waals surface area contributed by atoms with Crippen LogP contribution in [0.2, 0.25) is 0 Å². The Morgan fingerprint density at radius 1 is 1.92 bits per heavy atom. The van der Waals surface area contributed by atoms with Gasteiger partial charge in [0.1, 0.15) is 0 Å². The molecule has 0 aromatic carbocycles. The van der Waals surface area contributed by atoms with Gasteiger partial charge in [-0.25, -0.2) is 0 Å². The average Bonchev–Trinajstić information content (AvgIpc) is 2.30. The van der Waals surface area contributed by atoms with Crippen molar-refractivity contribution in [1.82, 2.24) is 0 Å². The highest BCUT2D eigenvalue weighted by Gasteiger charge is 2.32. The molecule has 1 rings (SSSR count). The number of hydrogen-bond donors (Lipinski definition) is 1. The summed E-state index contributed by atoms with van der Waals surface area (Å²) in [6.45, 7) is 5.30. The first-order valence-corrected chi connectivity index (χ1v) is 4.14. The number of cyclic esters (lactones) is 1. The second-order valence-electron chi connectivity index (χ2n) is 3.22. The van der Waals surface area contributed by atoms with Crippen molar-refractivity contribution in [3.8, 4) is 0 Å². The van der Waals surface area contributed by atoms with Gasteiger partial charge in [-0.15, -0.1) is 6.58 Å². The summed E-state index contributed by atoms with van der Waals surface area (Å²) in [5.41, 5.74) is 0. The Bertz CT molecular complexity index is 188. The number of hydrogen-bond acceptors (Lipinski definition) is 3. The molecule has 2 unspecified atom stereocenters. The largest absolute Gasteiger partial charge is 0.462 e. The van der Waals surface area contributed by atoms with Crippen molar-refractivity contribution >= 4 is 5.97 Å². The third kappa shape index (κ3) is 2.08. The highest BCUT2D eigenvalue weighted by molar-refractivity contribution is 5.74. The second-order valence-corrected chi connectivity index (χ2v) is 3.22. The lowest BCUT2D eigenvalue weighted by atomic mass is 9.98. The van der Waals surface area contributed by atoms with Gasteiger partial charge in [0.05, 0.1) is 18.1 Å². The van der Waals surface area contributed by atoms with Gasteiger partial charge in [-0.05, 0) is 19.8 Å². The summed E-state index contributed by atoms with van der Waals surface area (Å²) >= 11 is 0. The molecule has 3 heteroatoms. The quantitative estimate of drug-likeness (QED) is 0.505. The molecule has 3 atom stereocenters. The Morgan fingerprint density at radius 2 is 2.58 bits per heavy atom. The number of rotatable bonds is 3. The molecule has 0 aromatic heterocycles. The van der Waals surface area contributed by atoms with E-state index >= 15 is 0 Å². The van der Waals surface area contributed by atoms with Crippen molar-refractivity contribution in [3.63, 3.8) is 0 Å². The van der Waals surface area contributed by atoms with E-state index in [-0.39, 0.29) is 18.0 Å². The third-order valence-electron chi connectivity index (χ3n) is 2.07. The maximum absolute atomic E-state index is 11.1. The first kappa shape index (κ1) is 9.26. The van der Waals surface area contributed by atoms with Gasteiger partial charge in [-0.2, -0.15) is 0 Å². The molecule has 0 bridgehead atoms. The van der Waals surface area contributed by atoms with E-state index in [2.05, 4.69) is 6.58 Å². The van der Waals surface area contributed by atoms with Gasteiger partial charge in [0.2, 0.25) is 0 Å². The Balaban J connectivity index is 2.42. The topological polar surface area (TPSA) is 46.5 Å². The van der Waals surface area contributed by atoms with Crippen LogP contribution in [0, 0.1) is 5.92 Å². The molecule has 3 nitrogen and oxygen atoms in total. The number of carbonyl (C=O) groups excluding carboxylic acids is 1.